The van der Waals surface area contributed by atoms with E-state index >= 15 is 0 Å². The molecular formula is C11H16O2. The minimum Gasteiger partial charge on any atom is -0.508 e. The largest absolute Gasteiger partial charge is 0.508 e. The Morgan fingerprint density at radius 1 is 1.15 bits per heavy atom. The quantitative estimate of drug-likeness (QED) is 0.746. The molecule has 2 N–H and O–H groups in total. The highest BCUT2D eigenvalue weighted by Gasteiger charge is 2.04. The highest BCUT2D eigenvalue weighted by molar-refractivity contribution is 5.42. The molecule has 0 unspecified atom stereocenters. The van der Waals surface area contributed by atoms with E-state index < -0.39 is 0 Å². The predicted molar refractivity (Wildman–Crippen MR) is 53.0 cm³/mol. The number of hydrogen-bond donors (Lipinski definition) is 2. The number of phenolic OH excluding ortho intramolecular Hbond substituents is 1. The summed E-state index contributed by atoms with van der Waals surface area (Å²) >= 11 is 0. The molecule has 0 heterocycles. The van der Waals surface area contributed by atoms with Crippen LogP contribution in [0.5, 0.6) is 5.75 Å². The summed E-state index contributed by atoms with van der Waals surface area (Å²) in [6.07, 6.45) is 1.66. The average Bonchev–Trinajstić information content (AvgIpc) is 2.13. The SMILES string of the molecule is Cc1c(O)ccc(CCCO)c1C. The van der Waals surface area contributed by atoms with Crippen LogP contribution in [0.4, 0.5) is 0 Å². The van der Waals surface area contributed by atoms with Gasteiger partial charge >= 0.3 is 0 Å². The molecule has 0 saturated heterocycles. The maximum Gasteiger partial charge on any atom is 0.118 e. The molecule has 0 atom stereocenters. The fourth-order valence-corrected chi connectivity index (χ4v) is 1.40. The van der Waals surface area contributed by atoms with Crippen LogP contribution in [0.1, 0.15) is 23.1 Å². The second kappa shape index (κ2) is 4.28. The number of hydrogen-bond acceptors (Lipinski definition) is 2. The fourth-order valence-electron chi connectivity index (χ4n) is 1.40. The van der Waals surface area contributed by atoms with Gasteiger partial charge < -0.3 is 10.2 Å². The van der Waals surface area contributed by atoms with Crippen molar-refractivity contribution in [3.05, 3.63) is 28.8 Å². The van der Waals surface area contributed by atoms with Gasteiger partial charge in [0.25, 0.3) is 0 Å². The van der Waals surface area contributed by atoms with Crippen molar-refractivity contribution in [2.75, 3.05) is 6.61 Å². The first-order valence-corrected chi connectivity index (χ1v) is 4.55. The van der Waals surface area contributed by atoms with Gasteiger partial charge in [-0.15, -0.1) is 0 Å². The van der Waals surface area contributed by atoms with Crippen molar-refractivity contribution in [1.29, 1.82) is 0 Å². The lowest BCUT2D eigenvalue weighted by Gasteiger charge is -2.09. The lowest BCUT2D eigenvalue weighted by atomic mass is 9.99. The Morgan fingerprint density at radius 3 is 2.46 bits per heavy atom. The van der Waals surface area contributed by atoms with E-state index in [0.717, 1.165) is 24.0 Å². The number of aromatic hydroxyl groups is 1. The van der Waals surface area contributed by atoms with Crippen LogP contribution in [0.15, 0.2) is 12.1 Å². The maximum absolute atomic E-state index is 9.40. The molecule has 2 heteroatoms. The van der Waals surface area contributed by atoms with E-state index in [4.69, 9.17) is 5.11 Å². The Labute approximate surface area is 78.8 Å². The van der Waals surface area contributed by atoms with Crippen LogP contribution in [-0.2, 0) is 6.42 Å². The van der Waals surface area contributed by atoms with Crippen molar-refractivity contribution in [3.8, 4) is 5.75 Å². The summed E-state index contributed by atoms with van der Waals surface area (Å²) < 4.78 is 0. The number of rotatable bonds is 3. The molecule has 72 valence electrons. The number of benzene rings is 1. The zero-order valence-corrected chi connectivity index (χ0v) is 8.17. The number of aliphatic hydroxyl groups is 1. The molecule has 1 aromatic carbocycles. The molecule has 0 aliphatic rings. The lowest BCUT2D eigenvalue weighted by Crippen LogP contribution is -1.94. The van der Waals surface area contributed by atoms with E-state index in [1.165, 1.54) is 5.56 Å². The van der Waals surface area contributed by atoms with Gasteiger partial charge in [-0.05, 0) is 49.4 Å². The summed E-state index contributed by atoms with van der Waals surface area (Å²) in [5.41, 5.74) is 3.29. The van der Waals surface area contributed by atoms with Gasteiger partial charge in [-0.2, -0.15) is 0 Å². The van der Waals surface area contributed by atoms with Gasteiger partial charge in [0, 0.05) is 6.61 Å². The van der Waals surface area contributed by atoms with Crippen LogP contribution in [0.2, 0.25) is 0 Å². The molecule has 13 heavy (non-hydrogen) atoms. The summed E-state index contributed by atoms with van der Waals surface area (Å²) in [6, 6.07) is 3.64. The van der Waals surface area contributed by atoms with Crippen molar-refractivity contribution in [2.24, 2.45) is 0 Å². The van der Waals surface area contributed by atoms with Crippen LogP contribution in [0.25, 0.3) is 0 Å². The van der Waals surface area contributed by atoms with Gasteiger partial charge in [0.1, 0.15) is 5.75 Å². The molecule has 0 aliphatic heterocycles. The molecular weight excluding hydrogens is 164 g/mol. The summed E-state index contributed by atoms with van der Waals surface area (Å²) in [4.78, 5) is 0. The minimum absolute atomic E-state index is 0.222. The van der Waals surface area contributed by atoms with Gasteiger partial charge in [0.15, 0.2) is 0 Å². The third-order valence-electron chi connectivity index (χ3n) is 2.47. The molecule has 0 bridgehead atoms. The van der Waals surface area contributed by atoms with Crippen molar-refractivity contribution in [1.82, 2.24) is 0 Å². The summed E-state index contributed by atoms with van der Waals surface area (Å²) in [5, 5.41) is 18.1. The van der Waals surface area contributed by atoms with Crippen molar-refractivity contribution in [2.45, 2.75) is 26.7 Å². The zero-order chi connectivity index (χ0) is 9.84. The van der Waals surface area contributed by atoms with E-state index in [0.29, 0.717) is 5.75 Å². The average molecular weight is 180 g/mol. The highest BCUT2D eigenvalue weighted by Crippen LogP contribution is 2.23. The van der Waals surface area contributed by atoms with E-state index in [2.05, 4.69) is 0 Å². The Hall–Kier alpha value is -1.02. The molecule has 0 aromatic heterocycles. The Morgan fingerprint density at radius 2 is 1.85 bits per heavy atom. The van der Waals surface area contributed by atoms with Crippen LogP contribution >= 0.6 is 0 Å². The van der Waals surface area contributed by atoms with Crippen molar-refractivity contribution < 1.29 is 10.2 Å². The maximum atomic E-state index is 9.40. The first kappa shape index (κ1) is 10.1. The Bertz CT molecular complexity index is 292. The molecule has 0 aliphatic carbocycles. The molecule has 0 amide bonds. The molecule has 1 aromatic rings. The van der Waals surface area contributed by atoms with E-state index in [1.807, 2.05) is 19.9 Å². The Kier molecular flexibility index (Phi) is 3.32. The van der Waals surface area contributed by atoms with Gasteiger partial charge in [0.2, 0.25) is 0 Å². The number of aliphatic hydroxyl groups excluding tert-OH is 1. The van der Waals surface area contributed by atoms with E-state index in [1.54, 1.807) is 6.07 Å². The topological polar surface area (TPSA) is 40.5 Å². The first-order valence-electron chi connectivity index (χ1n) is 4.55. The normalized spacial score (nSPS) is 10.4. The highest BCUT2D eigenvalue weighted by atomic mass is 16.3. The molecule has 0 saturated carbocycles. The monoisotopic (exact) mass is 180 g/mol. The number of phenols is 1. The third-order valence-corrected chi connectivity index (χ3v) is 2.47. The molecule has 0 spiro atoms. The summed E-state index contributed by atoms with van der Waals surface area (Å²) in [6.45, 7) is 4.13. The Balaban J connectivity index is 2.90. The van der Waals surface area contributed by atoms with Crippen molar-refractivity contribution in [3.63, 3.8) is 0 Å². The van der Waals surface area contributed by atoms with Crippen LogP contribution in [-0.4, -0.2) is 16.8 Å². The molecule has 0 radical (unpaired) electrons. The minimum atomic E-state index is 0.222. The summed E-state index contributed by atoms with van der Waals surface area (Å²) in [5.74, 6) is 0.352. The van der Waals surface area contributed by atoms with Gasteiger partial charge in [0.05, 0.1) is 0 Å². The number of aryl methyl sites for hydroxylation is 1. The second-order valence-corrected chi connectivity index (χ2v) is 3.32. The van der Waals surface area contributed by atoms with Crippen molar-refractivity contribution >= 4 is 0 Å². The van der Waals surface area contributed by atoms with E-state index in [-0.39, 0.29) is 6.61 Å². The van der Waals surface area contributed by atoms with Gasteiger partial charge in [-0.25, -0.2) is 0 Å². The smallest absolute Gasteiger partial charge is 0.118 e. The standard InChI is InChI=1S/C11H16O2/c1-8-9(2)11(13)6-5-10(8)4-3-7-12/h5-6,12-13H,3-4,7H2,1-2H3. The predicted octanol–water partition coefficient (Wildman–Crippen LogP) is 1.93. The first-order chi connectivity index (χ1) is 6.16. The fraction of sp³-hybridized carbons (Fsp3) is 0.455. The lowest BCUT2D eigenvalue weighted by molar-refractivity contribution is 0.288. The summed E-state index contributed by atoms with van der Waals surface area (Å²) in [7, 11) is 0. The third kappa shape index (κ3) is 2.22. The van der Waals surface area contributed by atoms with Crippen LogP contribution in [0, 0.1) is 13.8 Å². The van der Waals surface area contributed by atoms with Crippen LogP contribution < -0.4 is 0 Å². The zero-order valence-electron chi connectivity index (χ0n) is 8.17. The van der Waals surface area contributed by atoms with Gasteiger partial charge in [-0.3, -0.25) is 0 Å². The molecule has 2 nitrogen and oxygen atoms in total. The van der Waals surface area contributed by atoms with Crippen LogP contribution in [0.3, 0.4) is 0 Å². The molecule has 1 rings (SSSR count). The van der Waals surface area contributed by atoms with Gasteiger partial charge in [-0.1, -0.05) is 6.07 Å². The second-order valence-electron chi connectivity index (χ2n) is 3.32. The molecule has 0 fully saturated rings. The van der Waals surface area contributed by atoms with E-state index in [9.17, 15) is 5.11 Å².